The second-order valence-corrected chi connectivity index (χ2v) is 23.4. The second-order valence-electron chi connectivity index (χ2n) is 22.0. The van der Waals surface area contributed by atoms with Crippen molar-refractivity contribution in [3.8, 4) is 11.3 Å². The van der Waals surface area contributed by atoms with Crippen LogP contribution in [0.4, 0.5) is 17.3 Å². The molecule has 3 aromatic heterocycles. The Kier molecular flexibility index (Phi) is 12.4. The lowest BCUT2D eigenvalue weighted by Gasteiger charge is -2.48. The van der Waals surface area contributed by atoms with Crippen molar-refractivity contribution in [2.45, 2.75) is 151 Å². The summed E-state index contributed by atoms with van der Waals surface area (Å²) < 4.78 is 4.74. The summed E-state index contributed by atoms with van der Waals surface area (Å²) in [6.45, 7) is 11.6. The summed E-state index contributed by atoms with van der Waals surface area (Å²) in [5.41, 5.74) is 6.55. The lowest BCUT2D eigenvalue weighted by molar-refractivity contribution is -0.137. The maximum atomic E-state index is 15.2. The number of hydrogen-bond donors (Lipinski definition) is 2. The number of benzene rings is 1. The molecule has 2 N–H and O–H groups in total. The van der Waals surface area contributed by atoms with Crippen LogP contribution in [-0.4, -0.2) is 133 Å². The number of carbonyl (C=O) groups excluding carboxylic acids is 4. The molecule has 7 fully saturated rings. The highest BCUT2D eigenvalue weighted by atomic mass is 32.2. The number of fused-ring (bicyclic) bond motifs is 3. The molecule has 1 unspecified atom stereocenters. The number of anilines is 3. The fraction of sp³-hybridized carbons (Fsp3) is 0.611. The van der Waals surface area contributed by atoms with Gasteiger partial charge in [0, 0.05) is 98.5 Å². The molecule has 0 bridgehead atoms. The van der Waals surface area contributed by atoms with Crippen molar-refractivity contribution in [3.63, 3.8) is 0 Å². The Bertz CT molecular complexity index is 2630. The fourth-order valence-corrected chi connectivity index (χ4v) is 14.1. The van der Waals surface area contributed by atoms with Crippen LogP contribution in [0.1, 0.15) is 133 Å². The van der Waals surface area contributed by atoms with Gasteiger partial charge in [-0.2, -0.15) is 0 Å². The lowest BCUT2D eigenvalue weighted by Crippen LogP contribution is -2.58. The molecule has 8 aliphatic rings. The summed E-state index contributed by atoms with van der Waals surface area (Å²) >= 11 is 1.97. The number of pyridine rings is 2. The summed E-state index contributed by atoms with van der Waals surface area (Å²) in [4.78, 5) is 77.1. The SMILES string of the molecule is CC(C)n1cnc2cc(-c3ccc4c(c3)N([C@H]3C[C@@H](N5CCCCC5)C3)C(=O)C43CCN(SC4CCN(C(=O)C5CCN(c6ccc(C7CCC(=O)NC7=O)cn6)CC5)CC4)CC3)nc(NC3CC3)c21. The summed E-state index contributed by atoms with van der Waals surface area (Å²) in [5, 5.41) is 6.62. The standard InChI is InChI=1S/C54H69N11O4S/c1-34(2)64-33-56-45-31-44(58-50(49(45)64)57-38-8-9-38)36-6-11-43-46(28-36)65(40-29-39(30-40)60-20-4-3-5-21-60)53(69)54(43)18-26-63(27-19-54)70-41-16-24-62(25-17-41)52(68)35-14-22-61(23-15-35)47-12-7-37(32-55-47)42-10-13-48(66)59-51(42)67/h6-7,11-12,28,31-35,38-42H,3-5,8-10,13-27,29-30H2,1-2H3,(H,57,58)(H,59,66,67)/t39-,40+,42?. The molecule has 1 spiro atoms. The van der Waals surface area contributed by atoms with Crippen molar-refractivity contribution in [3.05, 3.63) is 60.0 Å². The van der Waals surface area contributed by atoms with E-state index in [0.717, 1.165) is 149 Å². The van der Waals surface area contributed by atoms with Gasteiger partial charge in [-0.3, -0.25) is 28.8 Å². The summed E-state index contributed by atoms with van der Waals surface area (Å²) in [6.07, 6.45) is 18.0. The number of amides is 4. The van der Waals surface area contributed by atoms with E-state index in [1.807, 2.05) is 30.4 Å². The zero-order valence-corrected chi connectivity index (χ0v) is 41.8. The van der Waals surface area contributed by atoms with Gasteiger partial charge < -0.3 is 29.5 Å². The zero-order valence-electron chi connectivity index (χ0n) is 41.0. The number of piperidine rings is 5. The van der Waals surface area contributed by atoms with Gasteiger partial charge in [0.2, 0.25) is 23.6 Å². The molecule has 16 heteroatoms. The van der Waals surface area contributed by atoms with Crippen molar-refractivity contribution in [1.82, 2.24) is 38.9 Å². The van der Waals surface area contributed by atoms with E-state index in [9.17, 15) is 14.4 Å². The highest BCUT2D eigenvalue weighted by molar-refractivity contribution is 7.97. The van der Waals surface area contributed by atoms with Crippen LogP contribution in [0.15, 0.2) is 48.9 Å². The number of likely N-dealkylation sites (tertiary alicyclic amines) is 2. The number of imidazole rings is 1. The Morgan fingerprint density at radius 3 is 2.30 bits per heavy atom. The van der Waals surface area contributed by atoms with E-state index in [4.69, 9.17) is 9.97 Å². The van der Waals surface area contributed by atoms with Gasteiger partial charge in [0.25, 0.3) is 0 Å². The number of rotatable bonds is 11. The Morgan fingerprint density at radius 1 is 0.829 bits per heavy atom. The maximum absolute atomic E-state index is 15.2. The highest BCUT2D eigenvalue weighted by Crippen LogP contribution is 2.53. The third kappa shape index (κ3) is 8.66. The molecule has 4 amide bonds. The fourth-order valence-electron chi connectivity index (χ4n) is 12.9. The van der Waals surface area contributed by atoms with Crippen LogP contribution >= 0.6 is 11.9 Å². The third-order valence-corrected chi connectivity index (χ3v) is 18.7. The van der Waals surface area contributed by atoms with E-state index in [0.29, 0.717) is 36.1 Å². The number of imide groups is 1. The first-order valence-electron chi connectivity index (χ1n) is 26.7. The van der Waals surface area contributed by atoms with E-state index >= 15 is 4.79 Å². The molecule has 4 aromatic rings. The smallest absolute Gasteiger partial charge is 0.238 e. The van der Waals surface area contributed by atoms with Gasteiger partial charge >= 0.3 is 0 Å². The van der Waals surface area contributed by atoms with Gasteiger partial charge in [-0.25, -0.2) is 15.0 Å². The predicted molar refractivity (Wildman–Crippen MR) is 274 cm³/mol. The van der Waals surface area contributed by atoms with E-state index < -0.39 is 5.41 Å². The van der Waals surface area contributed by atoms with E-state index in [-0.39, 0.29) is 41.6 Å². The summed E-state index contributed by atoms with van der Waals surface area (Å²) in [6, 6.07) is 14.3. The monoisotopic (exact) mass is 968 g/mol. The topological polar surface area (TPSA) is 152 Å². The molecule has 2 aliphatic carbocycles. The molecule has 5 saturated heterocycles. The lowest BCUT2D eigenvalue weighted by atomic mass is 9.73. The third-order valence-electron chi connectivity index (χ3n) is 17.3. The van der Waals surface area contributed by atoms with Gasteiger partial charge in [-0.15, -0.1) is 0 Å². The van der Waals surface area contributed by atoms with Crippen LogP contribution in [0.5, 0.6) is 0 Å². The molecule has 1 aromatic carbocycles. The largest absolute Gasteiger partial charge is 0.366 e. The molecule has 70 heavy (non-hydrogen) atoms. The average Bonchev–Trinajstić information content (AvgIpc) is 4.03. The quantitative estimate of drug-likeness (QED) is 0.114. The number of nitrogens with one attached hydrogen (secondary N) is 2. The Balaban J connectivity index is 0.683. The molecular formula is C54H69N11O4S. The Morgan fingerprint density at radius 2 is 1.60 bits per heavy atom. The van der Waals surface area contributed by atoms with Gasteiger partial charge in [-0.1, -0.05) is 36.6 Å². The average molecular weight is 968 g/mol. The van der Waals surface area contributed by atoms with Gasteiger partial charge in [-0.05, 0) is 140 Å². The summed E-state index contributed by atoms with van der Waals surface area (Å²) in [7, 11) is 0. The molecule has 0 radical (unpaired) electrons. The first kappa shape index (κ1) is 46.0. The van der Waals surface area contributed by atoms with Gasteiger partial charge in [0.05, 0.1) is 28.9 Å². The van der Waals surface area contributed by atoms with E-state index in [2.05, 4.69) is 82.2 Å². The van der Waals surface area contributed by atoms with Crippen LogP contribution in [0.3, 0.4) is 0 Å². The minimum atomic E-state index is -0.520. The van der Waals surface area contributed by atoms with Crippen LogP contribution in [0.25, 0.3) is 22.3 Å². The molecule has 2 saturated carbocycles. The first-order valence-corrected chi connectivity index (χ1v) is 27.5. The van der Waals surface area contributed by atoms with Crippen molar-refractivity contribution in [2.24, 2.45) is 5.92 Å². The van der Waals surface area contributed by atoms with Crippen molar-refractivity contribution in [2.75, 3.05) is 67.5 Å². The Hall–Kier alpha value is -5.06. The number of hydrogen-bond acceptors (Lipinski definition) is 12. The number of carbonyl (C=O) groups is 4. The van der Waals surface area contributed by atoms with Gasteiger partial charge in [0.1, 0.15) is 11.3 Å². The number of aromatic nitrogens is 4. The summed E-state index contributed by atoms with van der Waals surface area (Å²) in [5.74, 6) is 1.58. The Labute approximate surface area is 416 Å². The number of nitrogens with zero attached hydrogens (tertiary/aromatic N) is 9. The predicted octanol–water partition coefficient (Wildman–Crippen LogP) is 7.42. The van der Waals surface area contributed by atoms with Crippen LogP contribution in [0.2, 0.25) is 0 Å². The van der Waals surface area contributed by atoms with Crippen LogP contribution in [-0.2, 0) is 24.6 Å². The molecule has 15 nitrogen and oxygen atoms in total. The van der Waals surface area contributed by atoms with Gasteiger partial charge in [0.15, 0.2) is 5.82 Å². The molecule has 370 valence electrons. The van der Waals surface area contributed by atoms with Crippen molar-refractivity contribution >= 4 is 63.9 Å². The van der Waals surface area contributed by atoms with Crippen molar-refractivity contribution in [1.29, 1.82) is 0 Å². The molecule has 6 aliphatic heterocycles. The molecule has 9 heterocycles. The van der Waals surface area contributed by atoms with Crippen molar-refractivity contribution < 1.29 is 19.2 Å². The first-order chi connectivity index (χ1) is 34.1. The van der Waals surface area contributed by atoms with Crippen LogP contribution < -0.4 is 20.4 Å². The normalized spacial score (nSPS) is 26.0. The highest BCUT2D eigenvalue weighted by Gasteiger charge is 2.56. The van der Waals surface area contributed by atoms with E-state index in [1.165, 1.54) is 37.9 Å². The molecular weight excluding hydrogens is 899 g/mol. The minimum absolute atomic E-state index is 0.0239. The van der Waals surface area contributed by atoms with E-state index in [1.54, 1.807) is 6.20 Å². The zero-order chi connectivity index (χ0) is 47.7. The molecule has 1 atom stereocenters. The minimum Gasteiger partial charge on any atom is -0.366 e. The maximum Gasteiger partial charge on any atom is 0.238 e. The molecule has 12 rings (SSSR count). The second kappa shape index (κ2) is 18.8. The van der Waals surface area contributed by atoms with Crippen LogP contribution in [0, 0.1) is 5.92 Å².